The Balaban J connectivity index is 2.23. The van der Waals surface area contributed by atoms with E-state index in [-0.39, 0.29) is 24.8 Å². The zero-order chi connectivity index (χ0) is 14.3. The maximum Gasteiger partial charge on any atom is 0.317 e. The van der Waals surface area contributed by atoms with E-state index < -0.39 is 5.97 Å². The number of hydrogen-bond acceptors (Lipinski definition) is 3. The van der Waals surface area contributed by atoms with E-state index in [4.69, 9.17) is 5.11 Å². The molecule has 0 bridgehead atoms. The molecule has 1 aromatic rings. The second-order valence-corrected chi connectivity index (χ2v) is 4.29. The summed E-state index contributed by atoms with van der Waals surface area (Å²) in [6, 6.07) is 6.08. The molecule has 0 aliphatic heterocycles. The molecule has 0 aliphatic rings. The molecule has 1 rings (SSSR count). The highest BCUT2D eigenvalue weighted by molar-refractivity contribution is 5.78. The molecule has 0 aliphatic carbocycles. The Labute approximate surface area is 111 Å². The minimum absolute atomic E-state index is 0.0374. The molecule has 1 amide bonds. The van der Waals surface area contributed by atoms with Crippen molar-refractivity contribution in [3.63, 3.8) is 0 Å². The molecule has 0 unspecified atom stereocenters. The molecule has 5 nitrogen and oxygen atoms in total. The van der Waals surface area contributed by atoms with Gasteiger partial charge < -0.3 is 10.4 Å². The summed E-state index contributed by atoms with van der Waals surface area (Å²) in [4.78, 5) is 23.3. The van der Waals surface area contributed by atoms with Crippen LogP contribution >= 0.6 is 0 Å². The minimum Gasteiger partial charge on any atom is -0.480 e. The molecule has 0 radical (unpaired) electrons. The molecule has 2 N–H and O–H groups in total. The quantitative estimate of drug-likeness (QED) is 0.755. The molecule has 19 heavy (non-hydrogen) atoms. The van der Waals surface area contributed by atoms with Gasteiger partial charge in [-0.3, -0.25) is 14.5 Å². The van der Waals surface area contributed by atoms with E-state index >= 15 is 0 Å². The summed E-state index contributed by atoms with van der Waals surface area (Å²) >= 11 is 0. The first-order valence-corrected chi connectivity index (χ1v) is 5.89. The van der Waals surface area contributed by atoms with E-state index in [2.05, 4.69) is 5.32 Å². The molecule has 0 spiro atoms. The van der Waals surface area contributed by atoms with Crippen LogP contribution in [0.15, 0.2) is 24.3 Å². The van der Waals surface area contributed by atoms with Crippen molar-refractivity contribution in [3.05, 3.63) is 35.6 Å². The Morgan fingerprint density at radius 2 is 1.89 bits per heavy atom. The van der Waals surface area contributed by atoms with Crippen molar-refractivity contribution in [1.29, 1.82) is 0 Å². The Bertz CT molecular complexity index is 434. The van der Waals surface area contributed by atoms with Gasteiger partial charge in [-0.2, -0.15) is 0 Å². The summed E-state index contributed by atoms with van der Waals surface area (Å²) in [5.74, 6) is -1.49. The third-order valence-corrected chi connectivity index (χ3v) is 2.47. The zero-order valence-electron chi connectivity index (χ0n) is 10.7. The standard InChI is InChI=1S/C13H17FN2O3/c1-16(9-13(18)19)8-12(17)15-7-6-10-2-4-11(14)5-3-10/h2-5H,6-9H2,1H3,(H,15,17)(H,18,19). The van der Waals surface area contributed by atoms with Crippen LogP contribution in [0, 0.1) is 5.82 Å². The van der Waals surface area contributed by atoms with E-state index in [1.165, 1.54) is 17.0 Å². The fraction of sp³-hybridized carbons (Fsp3) is 0.385. The fourth-order valence-corrected chi connectivity index (χ4v) is 1.59. The van der Waals surface area contributed by atoms with Crippen LogP contribution in [0.25, 0.3) is 0 Å². The monoisotopic (exact) mass is 268 g/mol. The van der Waals surface area contributed by atoms with Crippen molar-refractivity contribution in [2.45, 2.75) is 6.42 Å². The molecular formula is C13H17FN2O3. The summed E-state index contributed by atoms with van der Waals surface area (Å²) in [6.45, 7) is 0.298. The van der Waals surface area contributed by atoms with E-state index in [9.17, 15) is 14.0 Å². The van der Waals surface area contributed by atoms with Crippen molar-refractivity contribution in [2.24, 2.45) is 0 Å². The number of rotatable bonds is 7. The molecule has 0 aromatic heterocycles. The molecule has 0 fully saturated rings. The summed E-state index contributed by atoms with van der Waals surface area (Å²) < 4.78 is 12.7. The van der Waals surface area contributed by atoms with E-state index in [1.807, 2.05) is 0 Å². The van der Waals surface area contributed by atoms with Crippen molar-refractivity contribution in [1.82, 2.24) is 10.2 Å². The van der Waals surface area contributed by atoms with Crippen LogP contribution in [0.5, 0.6) is 0 Å². The number of nitrogens with one attached hydrogen (secondary N) is 1. The lowest BCUT2D eigenvalue weighted by molar-refractivity contribution is -0.138. The van der Waals surface area contributed by atoms with Gasteiger partial charge in [-0.25, -0.2) is 4.39 Å². The lowest BCUT2D eigenvalue weighted by atomic mass is 10.1. The number of carboxylic acids is 1. The molecule has 0 saturated carbocycles. The van der Waals surface area contributed by atoms with E-state index in [0.29, 0.717) is 13.0 Å². The summed E-state index contributed by atoms with van der Waals surface area (Å²) in [7, 11) is 1.56. The molecule has 104 valence electrons. The zero-order valence-corrected chi connectivity index (χ0v) is 10.7. The van der Waals surface area contributed by atoms with Gasteiger partial charge in [0.25, 0.3) is 0 Å². The number of likely N-dealkylation sites (N-methyl/N-ethyl adjacent to an activating group) is 1. The predicted molar refractivity (Wildman–Crippen MR) is 68.2 cm³/mol. The smallest absolute Gasteiger partial charge is 0.317 e. The van der Waals surface area contributed by atoms with Gasteiger partial charge in [0.2, 0.25) is 5.91 Å². The van der Waals surface area contributed by atoms with Gasteiger partial charge in [0, 0.05) is 6.54 Å². The maximum atomic E-state index is 12.7. The van der Waals surface area contributed by atoms with E-state index in [0.717, 1.165) is 5.56 Å². The topological polar surface area (TPSA) is 69.6 Å². The van der Waals surface area contributed by atoms with Gasteiger partial charge in [-0.15, -0.1) is 0 Å². The van der Waals surface area contributed by atoms with Gasteiger partial charge in [-0.05, 0) is 31.2 Å². The minimum atomic E-state index is -0.971. The van der Waals surface area contributed by atoms with E-state index in [1.54, 1.807) is 19.2 Å². The number of hydrogen-bond donors (Lipinski definition) is 2. The first-order valence-electron chi connectivity index (χ1n) is 5.89. The first kappa shape index (κ1) is 15.1. The number of amides is 1. The fourth-order valence-electron chi connectivity index (χ4n) is 1.59. The number of nitrogens with zero attached hydrogens (tertiary/aromatic N) is 1. The molecule has 0 atom stereocenters. The number of carbonyl (C=O) groups is 2. The molecular weight excluding hydrogens is 251 g/mol. The highest BCUT2D eigenvalue weighted by Crippen LogP contribution is 2.02. The van der Waals surface area contributed by atoms with Gasteiger partial charge in [-0.1, -0.05) is 12.1 Å². The van der Waals surface area contributed by atoms with Crippen LogP contribution in [0.1, 0.15) is 5.56 Å². The molecule has 1 aromatic carbocycles. The third kappa shape index (κ3) is 6.52. The van der Waals surface area contributed by atoms with Crippen LogP contribution in [0.3, 0.4) is 0 Å². The Morgan fingerprint density at radius 1 is 1.26 bits per heavy atom. The molecule has 6 heteroatoms. The highest BCUT2D eigenvalue weighted by atomic mass is 19.1. The highest BCUT2D eigenvalue weighted by Gasteiger charge is 2.08. The van der Waals surface area contributed by atoms with Crippen molar-refractivity contribution in [2.75, 3.05) is 26.7 Å². The Kier molecular flexibility index (Phi) is 5.95. The van der Waals surface area contributed by atoms with Crippen molar-refractivity contribution >= 4 is 11.9 Å². The van der Waals surface area contributed by atoms with Crippen LogP contribution in [0.4, 0.5) is 4.39 Å². The average molecular weight is 268 g/mol. The Morgan fingerprint density at radius 3 is 2.47 bits per heavy atom. The third-order valence-electron chi connectivity index (χ3n) is 2.47. The first-order chi connectivity index (χ1) is 8.97. The number of carbonyl (C=O) groups excluding carboxylic acids is 1. The SMILES string of the molecule is CN(CC(=O)O)CC(=O)NCCc1ccc(F)cc1. The molecule has 0 heterocycles. The van der Waals surface area contributed by atoms with Crippen LogP contribution in [0.2, 0.25) is 0 Å². The van der Waals surface area contributed by atoms with Crippen LogP contribution < -0.4 is 5.32 Å². The molecule has 0 saturated heterocycles. The average Bonchev–Trinajstić information content (AvgIpc) is 2.30. The normalized spacial score (nSPS) is 10.5. The van der Waals surface area contributed by atoms with Crippen molar-refractivity contribution in [3.8, 4) is 0 Å². The summed E-state index contributed by atoms with van der Waals surface area (Å²) in [5, 5.41) is 11.2. The predicted octanol–water partition coefficient (Wildman–Crippen LogP) is 0.501. The second kappa shape index (κ2) is 7.48. The summed E-state index contributed by atoms with van der Waals surface area (Å²) in [6.07, 6.45) is 0.606. The van der Waals surface area contributed by atoms with Crippen LogP contribution in [-0.2, 0) is 16.0 Å². The van der Waals surface area contributed by atoms with Gasteiger partial charge in [0.05, 0.1) is 13.1 Å². The number of aliphatic carboxylic acids is 1. The van der Waals surface area contributed by atoms with Gasteiger partial charge in [0.15, 0.2) is 0 Å². The lowest BCUT2D eigenvalue weighted by Crippen LogP contribution is -2.38. The van der Waals surface area contributed by atoms with Gasteiger partial charge >= 0.3 is 5.97 Å². The number of halogens is 1. The van der Waals surface area contributed by atoms with Gasteiger partial charge in [0.1, 0.15) is 5.82 Å². The maximum absolute atomic E-state index is 12.7. The van der Waals surface area contributed by atoms with Crippen molar-refractivity contribution < 1.29 is 19.1 Å². The second-order valence-electron chi connectivity index (χ2n) is 4.29. The largest absolute Gasteiger partial charge is 0.480 e. The summed E-state index contributed by atoms with van der Waals surface area (Å²) in [5.41, 5.74) is 0.931. The number of carboxylic acid groups (broad SMARTS) is 1. The van der Waals surface area contributed by atoms with Crippen LogP contribution in [-0.4, -0.2) is 48.6 Å². The Hall–Kier alpha value is -1.95. The number of benzene rings is 1. The lowest BCUT2D eigenvalue weighted by Gasteiger charge is -2.13.